The number of aromatic nitrogens is 1. The lowest BCUT2D eigenvalue weighted by Gasteiger charge is -1.91. The van der Waals surface area contributed by atoms with Crippen molar-refractivity contribution in [2.45, 2.75) is 0 Å². The molecule has 0 saturated heterocycles. The van der Waals surface area contributed by atoms with E-state index in [9.17, 15) is 0 Å². The molecule has 0 unspecified atom stereocenters. The molecule has 0 radical (unpaired) electrons. The maximum Gasteiger partial charge on any atom is 0.0840 e. The van der Waals surface area contributed by atoms with Crippen LogP contribution in [0.15, 0.2) is 42.5 Å². The van der Waals surface area contributed by atoms with Crippen molar-refractivity contribution in [1.29, 1.82) is 0 Å². The van der Waals surface area contributed by atoms with E-state index in [1.165, 1.54) is 0 Å². The van der Waals surface area contributed by atoms with Crippen molar-refractivity contribution in [3.63, 3.8) is 0 Å². The standard InChI is InChI=1S/C9H7N/c1-2-6-9-8(4-1)5-3-7-10-9/h1-7H/i6D,7D. The van der Waals surface area contributed by atoms with E-state index < -0.39 is 0 Å². The zero-order valence-corrected chi connectivity index (χ0v) is 5.33. The highest BCUT2D eigenvalue weighted by Gasteiger charge is 1.86. The van der Waals surface area contributed by atoms with Gasteiger partial charge in [-0.1, -0.05) is 24.3 Å². The van der Waals surface area contributed by atoms with Gasteiger partial charge in [0.15, 0.2) is 0 Å². The molecule has 1 heterocycles. The molecule has 0 saturated carbocycles. The summed E-state index contributed by atoms with van der Waals surface area (Å²) in [5, 5.41) is 0.915. The van der Waals surface area contributed by atoms with E-state index in [2.05, 4.69) is 4.98 Å². The number of pyridine rings is 1. The van der Waals surface area contributed by atoms with E-state index in [0.717, 1.165) is 5.39 Å². The first-order valence-electron chi connectivity index (χ1n) is 4.10. The second-order valence-corrected chi connectivity index (χ2v) is 2.05. The van der Waals surface area contributed by atoms with Gasteiger partial charge in [0.05, 0.1) is 8.26 Å². The fourth-order valence-corrected chi connectivity index (χ4v) is 0.901. The quantitative estimate of drug-likeness (QED) is 0.534. The van der Waals surface area contributed by atoms with Crippen LogP contribution in [0, 0.1) is 0 Å². The summed E-state index contributed by atoms with van der Waals surface area (Å²) in [6.45, 7) is 0. The normalized spacial score (nSPS) is 12.8. The lowest BCUT2D eigenvalue weighted by atomic mass is 10.2. The van der Waals surface area contributed by atoms with Crippen LogP contribution in [0.2, 0.25) is 0 Å². The van der Waals surface area contributed by atoms with Crippen molar-refractivity contribution in [1.82, 2.24) is 4.98 Å². The third kappa shape index (κ3) is 0.760. The zero-order chi connectivity index (χ0) is 8.55. The van der Waals surface area contributed by atoms with Gasteiger partial charge in [-0.25, -0.2) is 0 Å². The van der Waals surface area contributed by atoms with Crippen molar-refractivity contribution in [3.05, 3.63) is 42.5 Å². The van der Waals surface area contributed by atoms with E-state index in [-0.39, 0.29) is 6.17 Å². The summed E-state index contributed by atoms with van der Waals surface area (Å²) in [6, 6.07) is 9.19. The molecule has 0 bridgehead atoms. The first-order valence-corrected chi connectivity index (χ1v) is 3.10. The van der Waals surface area contributed by atoms with Gasteiger partial charge in [-0.15, -0.1) is 0 Å². The van der Waals surface area contributed by atoms with Gasteiger partial charge in [-0.05, 0) is 12.1 Å². The second-order valence-electron chi connectivity index (χ2n) is 2.05. The highest BCUT2D eigenvalue weighted by molar-refractivity contribution is 5.77. The Morgan fingerprint density at radius 2 is 2.10 bits per heavy atom. The number of fused-ring (bicyclic) bond motifs is 1. The molecule has 1 heteroatoms. The molecular weight excluding hydrogens is 122 g/mol. The Balaban J connectivity index is 2.88. The first kappa shape index (κ1) is 3.71. The van der Waals surface area contributed by atoms with E-state index in [1.54, 1.807) is 12.1 Å². The molecule has 0 amide bonds. The third-order valence-corrected chi connectivity index (χ3v) is 1.38. The Kier molecular flexibility index (Phi) is 0.781. The smallest absolute Gasteiger partial charge is 0.0840 e. The second kappa shape index (κ2) is 2.10. The van der Waals surface area contributed by atoms with Crippen LogP contribution in [-0.4, -0.2) is 4.98 Å². The molecule has 1 nitrogen and oxygen atoms in total. The number of para-hydroxylation sites is 1. The molecular formula is C9H7N. The molecule has 1 aromatic heterocycles. The SMILES string of the molecule is [2H]c1ccc2cccc([2H])c2n1. The summed E-state index contributed by atoms with van der Waals surface area (Å²) in [6.07, 6.45) is 0.210. The highest BCUT2D eigenvalue weighted by Crippen LogP contribution is 2.07. The first-order chi connectivity index (χ1) is 5.77. The Hall–Kier alpha value is -1.37. The highest BCUT2D eigenvalue weighted by atomic mass is 14.6. The number of hydrogen-bond acceptors (Lipinski definition) is 1. The molecule has 48 valence electrons. The van der Waals surface area contributed by atoms with Crippen LogP contribution in [-0.2, 0) is 0 Å². The summed E-state index contributed by atoms with van der Waals surface area (Å²) in [5.74, 6) is 0. The fraction of sp³-hybridized carbons (Fsp3) is 0. The van der Waals surface area contributed by atoms with Gasteiger partial charge in [0.2, 0.25) is 0 Å². The Bertz CT molecular complexity index is 426. The van der Waals surface area contributed by atoms with Crippen molar-refractivity contribution < 1.29 is 2.74 Å². The summed E-state index contributed by atoms with van der Waals surface area (Å²) < 4.78 is 14.8. The van der Waals surface area contributed by atoms with Gasteiger partial charge in [0.1, 0.15) is 0 Å². The number of benzene rings is 1. The molecule has 0 aliphatic carbocycles. The van der Waals surface area contributed by atoms with Gasteiger partial charge in [-0.2, -0.15) is 0 Å². The van der Waals surface area contributed by atoms with Crippen LogP contribution < -0.4 is 0 Å². The molecule has 0 atom stereocenters. The largest absolute Gasteiger partial charge is 0.256 e. The van der Waals surface area contributed by atoms with Crippen LogP contribution in [0.25, 0.3) is 10.9 Å². The van der Waals surface area contributed by atoms with Gasteiger partial charge < -0.3 is 0 Å². The molecule has 1 aromatic carbocycles. The molecule has 0 aliphatic rings. The summed E-state index contributed by atoms with van der Waals surface area (Å²) in [5.41, 5.74) is 0.602. The monoisotopic (exact) mass is 131 g/mol. The minimum absolute atomic E-state index is 0.210. The third-order valence-electron chi connectivity index (χ3n) is 1.38. The zero-order valence-electron chi connectivity index (χ0n) is 7.33. The molecule has 0 fully saturated rings. The van der Waals surface area contributed by atoms with E-state index >= 15 is 0 Å². The van der Waals surface area contributed by atoms with Crippen LogP contribution in [0.1, 0.15) is 2.74 Å². The number of nitrogens with zero attached hydrogens (tertiary/aromatic N) is 1. The minimum Gasteiger partial charge on any atom is -0.256 e. The van der Waals surface area contributed by atoms with Gasteiger partial charge in [0, 0.05) is 11.6 Å². The van der Waals surface area contributed by atoms with Crippen molar-refractivity contribution in [2.75, 3.05) is 0 Å². The average Bonchev–Trinajstić information content (AvgIpc) is 2.07. The van der Waals surface area contributed by atoms with Crippen LogP contribution >= 0.6 is 0 Å². The summed E-state index contributed by atoms with van der Waals surface area (Å²) in [7, 11) is 0. The maximum absolute atomic E-state index is 7.51. The molecule has 2 aromatic rings. The summed E-state index contributed by atoms with van der Waals surface area (Å²) in [4.78, 5) is 3.95. The summed E-state index contributed by atoms with van der Waals surface area (Å²) >= 11 is 0. The molecule has 2 rings (SSSR count). The van der Waals surface area contributed by atoms with Gasteiger partial charge in [-0.3, -0.25) is 4.98 Å². The van der Waals surface area contributed by atoms with Crippen LogP contribution in [0.5, 0.6) is 0 Å². The number of hydrogen-bond donors (Lipinski definition) is 0. The van der Waals surface area contributed by atoms with E-state index in [4.69, 9.17) is 2.74 Å². The number of rotatable bonds is 0. The molecule has 10 heavy (non-hydrogen) atoms. The Morgan fingerprint density at radius 1 is 1.20 bits per heavy atom. The molecule has 0 spiro atoms. The lowest BCUT2D eigenvalue weighted by Crippen LogP contribution is -1.73. The Labute approximate surface area is 62.1 Å². The van der Waals surface area contributed by atoms with Crippen molar-refractivity contribution >= 4 is 10.9 Å². The fourth-order valence-electron chi connectivity index (χ4n) is 0.901. The molecule has 0 N–H and O–H groups in total. The average molecular weight is 131 g/mol. The topological polar surface area (TPSA) is 12.9 Å². The van der Waals surface area contributed by atoms with Gasteiger partial charge >= 0.3 is 0 Å². The minimum atomic E-state index is 0.210. The van der Waals surface area contributed by atoms with Gasteiger partial charge in [0.25, 0.3) is 0 Å². The maximum atomic E-state index is 7.51. The van der Waals surface area contributed by atoms with Crippen molar-refractivity contribution in [3.8, 4) is 0 Å². The predicted molar refractivity (Wildman–Crippen MR) is 41.7 cm³/mol. The van der Waals surface area contributed by atoms with Crippen LogP contribution in [0.3, 0.4) is 0 Å². The molecule has 0 aliphatic heterocycles. The van der Waals surface area contributed by atoms with Crippen LogP contribution in [0.4, 0.5) is 0 Å². The van der Waals surface area contributed by atoms with E-state index in [0.29, 0.717) is 11.6 Å². The lowest BCUT2D eigenvalue weighted by molar-refractivity contribution is 1.41. The Morgan fingerprint density at radius 3 is 3.10 bits per heavy atom. The predicted octanol–water partition coefficient (Wildman–Crippen LogP) is 2.23. The van der Waals surface area contributed by atoms with E-state index in [1.807, 2.05) is 18.2 Å². The van der Waals surface area contributed by atoms with Crippen molar-refractivity contribution in [2.24, 2.45) is 0 Å².